The lowest BCUT2D eigenvalue weighted by atomic mass is 9.87. The maximum absolute atomic E-state index is 10.1. The lowest BCUT2D eigenvalue weighted by Crippen LogP contribution is -2.43. The molecule has 2 nitrogen and oxygen atoms in total. The van der Waals surface area contributed by atoms with Gasteiger partial charge in [-0.1, -0.05) is 27.2 Å². The molecule has 13 heavy (non-hydrogen) atoms. The van der Waals surface area contributed by atoms with Crippen molar-refractivity contribution in [1.29, 1.82) is 0 Å². The van der Waals surface area contributed by atoms with Gasteiger partial charge in [0.25, 0.3) is 0 Å². The molecule has 0 aliphatic carbocycles. The highest BCUT2D eigenvalue weighted by molar-refractivity contribution is 4.81. The number of rotatable bonds is 7. The first-order chi connectivity index (χ1) is 6.04. The molecule has 0 saturated heterocycles. The molecule has 0 aliphatic heterocycles. The van der Waals surface area contributed by atoms with Gasteiger partial charge in [-0.15, -0.1) is 0 Å². The van der Waals surface area contributed by atoms with E-state index in [1.54, 1.807) is 0 Å². The van der Waals surface area contributed by atoms with E-state index in [2.05, 4.69) is 26.1 Å². The van der Waals surface area contributed by atoms with Gasteiger partial charge in [-0.2, -0.15) is 0 Å². The molecule has 0 aromatic carbocycles. The lowest BCUT2D eigenvalue weighted by Gasteiger charge is -2.30. The number of aliphatic hydroxyl groups is 1. The van der Waals surface area contributed by atoms with Crippen LogP contribution < -0.4 is 5.32 Å². The molecule has 2 heteroatoms. The van der Waals surface area contributed by atoms with Crippen LogP contribution in [0.5, 0.6) is 0 Å². The fourth-order valence-electron chi connectivity index (χ4n) is 1.44. The summed E-state index contributed by atoms with van der Waals surface area (Å²) in [4.78, 5) is 0. The van der Waals surface area contributed by atoms with Crippen LogP contribution >= 0.6 is 0 Å². The number of hydrogen-bond acceptors (Lipinski definition) is 2. The Morgan fingerprint density at radius 1 is 1.31 bits per heavy atom. The summed E-state index contributed by atoms with van der Waals surface area (Å²) in [7, 11) is 0. The molecule has 0 amide bonds. The minimum atomic E-state index is -0.550. The molecular weight excluding hydrogens is 162 g/mol. The molecule has 0 fully saturated rings. The Balaban J connectivity index is 3.76. The van der Waals surface area contributed by atoms with Gasteiger partial charge in [0.05, 0.1) is 5.60 Å². The molecule has 0 aromatic rings. The summed E-state index contributed by atoms with van der Waals surface area (Å²) in [6.07, 6.45) is 3.37. The van der Waals surface area contributed by atoms with Crippen LogP contribution in [0, 0.1) is 5.92 Å². The standard InChI is InChI=1S/C11H25NO/c1-5-7-10(3)11(4,13)9-12-8-6-2/h10,12-13H,5-9H2,1-4H3. The molecule has 0 rings (SSSR count). The van der Waals surface area contributed by atoms with Crippen LogP contribution in [0.25, 0.3) is 0 Å². The van der Waals surface area contributed by atoms with E-state index < -0.39 is 5.60 Å². The molecule has 0 bridgehead atoms. The van der Waals surface area contributed by atoms with Crippen molar-refractivity contribution in [2.45, 2.75) is 52.6 Å². The maximum Gasteiger partial charge on any atom is 0.0768 e. The first kappa shape index (κ1) is 12.9. The predicted molar refractivity (Wildman–Crippen MR) is 57.9 cm³/mol. The Morgan fingerprint density at radius 2 is 1.92 bits per heavy atom. The number of nitrogens with one attached hydrogen (secondary N) is 1. The van der Waals surface area contributed by atoms with Crippen molar-refractivity contribution in [3.63, 3.8) is 0 Å². The molecule has 0 radical (unpaired) electrons. The fourth-order valence-corrected chi connectivity index (χ4v) is 1.44. The van der Waals surface area contributed by atoms with Gasteiger partial charge in [0.15, 0.2) is 0 Å². The topological polar surface area (TPSA) is 32.3 Å². The highest BCUT2D eigenvalue weighted by Crippen LogP contribution is 2.20. The van der Waals surface area contributed by atoms with Gasteiger partial charge in [-0.05, 0) is 32.2 Å². The van der Waals surface area contributed by atoms with Crippen molar-refractivity contribution >= 4 is 0 Å². The van der Waals surface area contributed by atoms with Crippen LogP contribution in [0.1, 0.15) is 47.0 Å². The smallest absolute Gasteiger partial charge is 0.0768 e. The summed E-state index contributed by atoms with van der Waals surface area (Å²) in [5, 5.41) is 13.3. The highest BCUT2D eigenvalue weighted by atomic mass is 16.3. The Kier molecular flexibility index (Phi) is 6.35. The molecule has 2 N–H and O–H groups in total. The average Bonchev–Trinajstić information content (AvgIpc) is 2.05. The Hall–Kier alpha value is -0.0800. The minimum Gasteiger partial charge on any atom is -0.389 e. The van der Waals surface area contributed by atoms with E-state index in [-0.39, 0.29) is 0 Å². The van der Waals surface area contributed by atoms with E-state index in [1.165, 1.54) is 0 Å². The second-order valence-electron chi connectivity index (χ2n) is 4.22. The van der Waals surface area contributed by atoms with E-state index in [1.807, 2.05) is 6.92 Å². The highest BCUT2D eigenvalue weighted by Gasteiger charge is 2.26. The third kappa shape index (κ3) is 5.27. The zero-order valence-electron chi connectivity index (χ0n) is 9.56. The SMILES string of the molecule is CCCNCC(C)(O)C(C)CCC. The molecule has 2 unspecified atom stereocenters. The van der Waals surface area contributed by atoms with Crippen LogP contribution in [0.3, 0.4) is 0 Å². The van der Waals surface area contributed by atoms with Gasteiger partial charge in [0, 0.05) is 6.54 Å². The molecule has 0 aromatic heterocycles. The van der Waals surface area contributed by atoms with Gasteiger partial charge < -0.3 is 10.4 Å². The summed E-state index contributed by atoms with van der Waals surface area (Å²) in [5.41, 5.74) is -0.550. The van der Waals surface area contributed by atoms with E-state index in [4.69, 9.17) is 0 Å². The predicted octanol–water partition coefficient (Wildman–Crippen LogP) is 2.17. The first-order valence-corrected chi connectivity index (χ1v) is 5.47. The van der Waals surface area contributed by atoms with Crippen molar-refractivity contribution in [2.75, 3.05) is 13.1 Å². The van der Waals surface area contributed by atoms with E-state index in [0.717, 1.165) is 25.8 Å². The van der Waals surface area contributed by atoms with Crippen molar-refractivity contribution in [3.05, 3.63) is 0 Å². The molecular formula is C11H25NO. The Bertz CT molecular complexity index is 123. The van der Waals surface area contributed by atoms with E-state index in [9.17, 15) is 5.11 Å². The summed E-state index contributed by atoms with van der Waals surface area (Å²) in [6.45, 7) is 10.0. The Labute approximate surface area is 82.7 Å². The maximum atomic E-state index is 10.1. The molecule has 0 heterocycles. The quantitative estimate of drug-likeness (QED) is 0.599. The summed E-state index contributed by atoms with van der Waals surface area (Å²) < 4.78 is 0. The minimum absolute atomic E-state index is 0.377. The summed E-state index contributed by atoms with van der Waals surface area (Å²) >= 11 is 0. The average molecular weight is 187 g/mol. The number of hydrogen-bond donors (Lipinski definition) is 2. The van der Waals surface area contributed by atoms with Crippen LogP contribution in [-0.2, 0) is 0 Å². The van der Waals surface area contributed by atoms with Crippen molar-refractivity contribution in [2.24, 2.45) is 5.92 Å². The molecule has 2 atom stereocenters. The monoisotopic (exact) mass is 187 g/mol. The molecule has 0 saturated carbocycles. The van der Waals surface area contributed by atoms with E-state index >= 15 is 0 Å². The van der Waals surface area contributed by atoms with Crippen molar-refractivity contribution in [3.8, 4) is 0 Å². The van der Waals surface area contributed by atoms with Crippen molar-refractivity contribution in [1.82, 2.24) is 5.32 Å². The lowest BCUT2D eigenvalue weighted by molar-refractivity contribution is 0.00367. The van der Waals surface area contributed by atoms with Crippen LogP contribution in [0.15, 0.2) is 0 Å². The normalized spacial score (nSPS) is 18.2. The van der Waals surface area contributed by atoms with Crippen LogP contribution in [0.2, 0.25) is 0 Å². The largest absolute Gasteiger partial charge is 0.389 e. The van der Waals surface area contributed by atoms with Crippen LogP contribution in [0.4, 0.5) is 0 Å². The summed E-state index contributed by atoms with van der Waals surface area (Å²) in [6, 6.07) is 0. The molecule has 0 spiro atoms. The summed E-state index contributed by atoms with van der Waals surface area (Å²) in [5.74, 6) is 0.377. The van der Waals surface area contributed by atoms with Crippen molar-refractivity contribution < 1.29 is 5.11 Å². The van der Waals surface area contributed by atoms with E-state index in [0.29, 0.717) is 12.5 Å². The molecule has 80 valence electrons. The second kappa shape index (κ2) is 6.39. The third-order valence-electron chi connectivity index (χ3n) is 2.69. The zero-order valence-corrected chi connectivity index (χ0v) is 9.56. The van der Waals surface area contributed by atoms with Gasteiger partial charge in [0.1, 0.15) is 0 Å². The van der Waals surface area contributed by atoms with Gasteiger partial charge in [-0.25, -0.2) is 0 Å². The van der Waals surface area contributed by atoms with Gasteiger partial charge in [0.2, 0.25) is 0 Å². The third-order valence-corrected chi connectivity index (χ3v) is 2.69. The second-order valence-corrected chi connectivity index (χ2v) is 4.22. The fraction of sp³-hybridized carbons (Fsp3) is 1.00. The molecule has 0 aliphatic rings. The first-order valence-electron chi connectivity index (χ1n) is 5.47. The van der Waals surface area contributed by atoms with Gasteiger partial charge in [-0.3, -0.25) is 0 Å². The zero-order chi connectivity index (χ0) is 10.3. The Morgan fingerprint density at radius 3 is 2.38 bits per heavy atom. The van der Waals surface area contributed by atoms with Crippen LogP contribution in [-0.4, -0.2) is 23.8 Å². The van der Waals surface area contributed by atoms with Gasteiger partial charge >= 0.3 is 0 Å².